The summed E-state index contributed by atoms with van der Waals surface area (Å²) in [6.45, 7) is 7.11. The van der Waals surface area contributed by atoms with Crippen LogP contribution in [0.2, 0.25) is 0 Å². The van der Waals surface area contributed by atoms with Gasteiger partial charge in [-0.3, -0.25) is 4.90 Å². The van der Waals surface area contributed by atoms with E-state index in [1.165, 1.54) is 12.8 Å². The topological polar surface area (TPSA) is 50.7 Å². The Balaban J connectivity index is 1.50. The second-order valence-corrected chi connectivity index (χ2v) is 5.77. The molecule has 3 rings (SSSR count). The van der Waals surface area contributed by atoms with Crippen molar-refractivity contribution in [3.05, 3.63) is 12.3 Å². The van der Waals surface area contributed by atoms with Crippen LogP contribution in [0.1, 0.15) is 12.8 Å². The number of ether oxygens (including phenoxy) is 2. The molecule has 0 radical (unpaired) electrons. The molecular formula is C15H24N4O2. The van der Waals surface area contributed by atoms with Crippen LogP contribution in [-0.2, 0) is 4.74 Å². The van der Waals surface area contributed by atoms with E-state index in [2.05, 4.69) is 19.8 Å². The Bertz CT molecular complexity index is 443. The zero-order valence-electron chi connectivity index (χ0n) is 12.7. The fraction of sp³-hybridized carbons (Fsp3) is 0.733. The van der Waals surface area contributed by atoms with Gasteiger partial charge >= 0.3 is 0 Å². The van der Waals surface area contributed by atoms with E-state index in [1.807, 2.05) is 0 Å². The lowest BCUT2D eigenvalue weighted by Crippen LogP contribution is -2.49. The van der Waals surface area contributed by atoms with Crippen molar-refractivity contribution in [3.63, 3.8) is 0 Å². The number of hydrogen-bond donors (Lipinski definition) is 0. The molecule has 3 heterocycles. The summed E-state index contributed by atoms with van der Waals surface area (Å²) in [7, 11) is 1.64. The summed E-state index contributed by atoms with van der Waals surface area (Å²) < 4.78 is 10.7. The third-order valence-corrected chi connectivity index (χ3v) is 4.25. The van der Waals surface area contributed by atoms with Crippen molar-refractivity contribution in [2.75, 3.05) is 57.9 Å². The SMILES string of the molecule is COc1ccnc(N2CCN(CC3CCCOC3)CC2)n1. The van der Waals surface area contributed by atoms with E-state index in [-0.39, 0.29) is 0 Å². The van der Waals surface area contributed by atoms with E-state index >= 15 is 0 Å². The molecule has 6 nitrogen and oxygen atoms in total. The van der Waals surface area contributed by atoms with E-state index in [0.717, 1.165) is 51.9 Å². The van der Waals surface area contributed by atoms with E-state index in [1.54, 1.807) is 19.4 Å². The Hall–Kier alpha value is -1.40. The molecule has 0 aliphatic carbocycles. The van der Waals surface area contributed by atoms with Gasteiger partial charge in [0.25, 0.3) is 0 Å². The largest absolute Gasteiger partial charge is 0.481 e. The van der Waals surface area contributed by atoms with E-state index < -0.39 is 0 Å². The van der Waals surface area contributed by atoms with Crippen LogP contribution in [0.5, 0.6) is 5.88 Å². The number of aromatic nitrogens is 2. The van der Waals surface area contributed by atoms with Gasteiger partial charge in [0.05, 0.1) is 13.7 Å². The van der Waals surface area contributed by atoms with Crippen LogP contribution in [0.15, 0.2) is 12.3 Å². The average molecular weight is 292 g/mol. The summed E-state index contributed by atoms with van der Waals surface area (Å²) >= 11 is 0. The van der Waals surface area contributed by atoms with Gasteiger partial charge < -0.3 is 14.4 Å². The standard InChI is InChI=1S/C15H24N4O2/c1-20-14-4-5-16-15(17-14)19-8-6-18(7-9-19)11-13-3-2-10-21-12-13/h4-5,13H,2-3,6-12H2,1H3. The first kappa shape index (κ1) is 14.5. The van der Waals surface area contributed by atoms with Crippen LogP contribution < -0.4 is 9.64 Å². The van der Waals surface area contributed by atoms with E-state index in [4.69, 9.17) is 9.47 Å². The smallest absolute Gasteiger partial charge is 0.228 e. The summed E-state index contributed by atoms with van der Waals surface area (Å²) in [5.74, 6) is 2.11. The van der Waals surface area contributed by atoms with Crippen molar-refractivity contribution in [3.8, 4) is 5.88 Å². The summed E-state index contributed by atoms with van der Waals surface area (Å²) in [4.78, 5) is 13.5. The van der Waals surface area contributed by atoms with Gasteiger partial charge in [0, 0.05) is 51.6 Å². The summed E-state index contributed by atoms with van der Waals surface area (Å²) in [5.41, 5.74) is 0. The molecule has 0 bridgehead atoms. The minimum atomic E-state index is 0.627. The quantitative estimate of drug-likeness (QED) is 0.826. The van der Waals surface area contributed by atoms with Gasteiger partial charge in [-0.15, -0.1) is 0 Å². The minimum Gasteiger partial charge on any atom is -0.481 e. The predicted octanol–water partition coefficient (Wildman–Crippen LogP) is 1.03. The van der Waals surface area contributed by atoms with Crippen molar-refractivity contribution < 1.29 is 9.47 Å². The number of methoxy groups -OCH3 is 1. The van der Waals surface area contributed by atoms with E-state index in [0.29, 0.717) is 11.8 Å². The summed E-state index contributed by atoms with van der Waals surface area (Å²) in [5, 5.41) is 0. The predicted molar refractivity (Wildman–Crippen MR) is 80.8 cm³/mol. The first-order chi connectivity index (χ1) is 10.3. The zero-order chi connectivity index (χ0) is 14.5. The molecule has 2 aliphatic rings. The maximum absolute atomic E-state index is 5.57. The molecule has 2 fully saturated rings. The lowest BCUT2D eigenvalue weighted by molar-refractivity contribution is 0.0376. The van der Waals surface area contributed by atoms with Crippen molar-refractivity contribution >= 4 is 5.95 Å². The molecule has 0 amide bonds. The molecule has 1 aromatic heterocycles. The Morgan fingerprint density at radius 2 is 2.19 bits per heavy atom. The van der Waals surface area contributed by atoms with Crippen molar-refractivity contribution in [1.29, 1.82) is 0 Å². The molecule has 1 unspecified atom stereocenters. The lowest BCUT2D eigenvalue weighted by atomic mass is 10.0. The van der Waals surface area contributed by atoms with Crippen LogP contribution in [0.4, 0.5) is 5.95 Å². The first-order valence-corrected chi connectivity index (χ1v) is 7.77. The van der Waals surface area contributed by atoms with Crippen molar-refractivity contribution in [2.24, 2.45) is 5.92 Å². The molecule has 1 aromatic rings. The van der Waals surface area contributed by atoms with Gasteiger partial charge in [-0.2, -0.15) is 4.98 Å². The average Bonchev–Trinajstić information content (AvgIpc) is 2.56. The Kier molecular flexibility index (Phi) is 4.87. The second kappa shape index (κ2) is 7.04. The molecule has 0 aromatic carbocycles. The maximum Gasteiger partial charge on any atom is 0.228 e. The van der Waals surface area contributed by atoms with Gasteiger partial charge in [-0.25, -0.2) is 4.98 Å². The highest BCUT2D eigenvalue weighted by atomic mass is 16.5. The van der Waals surface area contributed by atoms with Crippen LogP contribution in [0, 0.1) is 5.92 Å². The molecule has 116 valence electrons. The minimum absolute atomic E-state index is 0.627. The van der Waals surface area contributed by atoms with Crippen molar-refractivity contribution in [1.82, 2.24) is 14.9 Å². The number of hydrogen-bond acceptors (Lipinski definition) is 6. The highest BCUT2D eigenvalue weighted by Crippen LogP contribution is 2.18. The Morgan fingerprint density at radius 1 is 1.33 bits per heavy atom. The summed E-state index contributed by atoms with van der Waals surface area (Å²) in [6.07, 6.45) is 4.27. The Labute approximate surface area is 126 Å². The monoisotopic (exact) mass is 292 g/mol. The van der Waals surface area contributed by atoms with Crippen LogP contribution in [-0.4, -0.2) is 67.9 Å². The molecule has 21 heavy (non-hydrogen) atoms. The first-order valence-electron chi connectivity index (χ1n) is 7.77. The van der Waals surface area contributed by atoms with Gasteiger partial charge in [-0.05, 0) is 18.8 Å². The number of piperazine rings is 1. The highest BCUT2D eigenvalue weighted by molar-refractivity contribution is 5.32. The zero-order valence-corrected chi connectivity index (χ0v) is 12.7. The highest BCUT2D eigenvalue weighted by Gasteiger charge is 2.23. The fourth-order valence-corrected chi connectivity index (χ4v) is 3.05. The second-order valence-electron chi connectivity index (χ2n) is 5.77. The van der Waals surface area contributed by atoms with Crippen LogP contribution in [0.25, 0.3) is 0 Å². The fourth-order valence-electron chi connectivity index (χ4n) is 3.05. The third kappa shape index (κ3) is 3.83. The number of nitrogens with zero attached hydrogens (tertiary/aromatic N) is 4. The summed E-state index contributed by atoms with van der Waals surface area (Å²) in [6, 6.07) is 1.78. The maximum atomic E-state index is 5.57. The van der Waals surface area contributed by atoms with Gasteiger partial charge in [-0.1, -0.05) is 0 Å². The molecule has 1 atom stereocenters. The van der Waals surface area contributed by atoms with Gasteiger partial charge in [0.15, 0.2) is 0 Å². The molecular weight excluding hydrogens is 268 g/mol. The molecule has 0 spiro atoms. The van der Waals surface area contributed by atoms with Gasteiger partial charge in [0.2, 0.25) is 11.8 Å². The van der Waals surface area contributed by atoms with Gasteiger partial charge in [0.1, 0.15) is 0 Å². The molecule has 0 saturated carbocycles. The van der Waals surface area contributed by atoms with E-state index in [9.17, 15) is 0 Å². The molecule has 0 N–H and O–H groups in total. The third-order valence-electron chi connectivity index (χ3n) is 4.25. The lowest BCUT2D eigenvalue weighted by Gasteiger charge is -2.37. The van der Waals surface area contributed by atoms with Crippen LogP contribution >= 0.6 is 0 Å². The van der Waals surface area contributed by atoms with Crippen LogP contribution in [0.3, 0.4) is 0 Å². The number of anilines is 1. The van der Waals surface area contributed by atoms with Crippen molar-refractivity contribution in [2.45, 2.75) is 12.8 Å². The molecule has 2 saturated heterocycles. The number of rotatable bonds is 4. The molecule has 2 aliphatic heterocycles. The normalized spacial score (nSPS) is 24.0. The molecule has 6 heteroatoms. The Morgan fingerprint density at radius 3 is 2.90 bits per heavy atom.